The van der Waals surface area contributed by atoms with Gasteiger partial charge in [-0.05, 0) is 19.9 Å². The molecule has 0 rings (SSSR count). The molecule has 0 radical (unpaired) electrons. The van der Waals surface area contributed by atoms with Gasteiger partial charge in [0.1, 0.15) is 0 Å². The summed E-state index contributed by atoms with van der Waals surface area (Å²) in [5.41, 5.74) is 2.21. The number of nitrogens with one attached hydrogen (secondary N) is 1. The summed E-state index contributed by atoms with van der Waals surface area (Å²) in [6.45, 7) is 16.9. The smallest absolute Gasteiger partial charge is 0.00142 e. The first-order valence-electron chi connectivity index (χ1n) is 5.25. The Morgan fingerprint density at radius 1 is 1.29 bits per heavy atom. The number of allylic oxidation sites excluding steroid dienone is 3. The van der Waals surface area contributed by atoms with E-state index in [0.717, 1.165) is 17.7 Å². The molecule has 1 N–H and O–H groups in total. The second-order valence-corrected chi connectivity index (χ2v) is 3.21. The highest BCUT2D eigenvalue weighted by Crippen LogP contribution is 2.09. The normalized spacial score (nSPS) is 11.8. The van der Waals surface area contributed by atoms with Gasteiger partial charge in [-0.15, -0.1) is 0 Å². The van der Waals surface area contributed by atoms with Crippen LogP contribution in [-0.4, -0.2) is 13.6 Å². The van der Waals surface area contributed by atoms with E-state index in [1.807, 2.05) is 40.0 Å². The molecule has 82 valence electrons. The van der Waals surface area contributed by atoms with Gasteiger partial charge in [-0.25, -0.2) is 0 Å². The summed E-state index contributed by atoms with van der Waals surface area (Å²) < 4.78 is 0. The summed E-state index contributed by atoms with van der Waals surface area (Å²) in [4.78, 5) is 0. The fraction of sp³-hybridized carbons (Fsp3) is 0.538. The lowest BCUT2D eigenvalue weighted by Gasteiger charge is -2.09. The van der Waals surface area contributed by atoms with Gasteiger partial charge in [-0.2, -0.15) is 0 Å². The van der Waals surface area contributed by atoms with Crippen molar-refractivity contribution in [3.05, 3.63) is 36.5 Å². The van der Waals surface area contributed by atoms with Crippen LogP contribution in [-0.2, 0) is 0 Å². The summed E-state index contributed by atoms with van der Waals surface area (Å²) in [6.07, 6.45) is 4.03. The molecule has 0 aromatic rings. The van der Waals surface area contributed by atoms with Crippen LogP contribution in [0.1, 0.15) is 27.7 Å². The quantitative estimate of drug-likeness (QED) is 0.661. The molecule has 0 amide bonds. The molecule has 1 atom stereocenters. The number of rotatable bonds is 5. The molecule has 0 saturated heterocycles. The van der Waals surface area contributed by atoms with Gasteiger partial charge in [0.05, 0.1) is 0 Å². The molecule has 0 aromatic carbocycles. The van der Waals surface area contributed by atoms with E-state index in [4.69, 9.17) is 0 Å². The summed E-state index contributed by atoms with van der Waals surface area (Å²) in [5.74, 6) is 0.491. The average Bonchev–Trinajstić information content (AvgIpc) is 2.17. The minimum Gasteiger partial charge on any atom is -0.319 e. The largest absolute Gasteiger partial charge is 0.319 e. The van der Waals surface area contributed by atoms with Crippen LogP contribution in [0.15, 0.2) is 36.5 Å². The predicted molar refractivity (Wildman–Crippen MR) is 67.5 cm³/mol. The first-order valence-corrected chi connectivity index (χ1v) is 5.25. The SMILES string of the molecule is C=C(C)/C=C\C(=C)C(C)CNC.CC. The van der Waals surface area contributed by atoms with Gasteiger partial charge in [0.25, 0.3) is 0 Å². The topological polar surface area (TPSA) is 12.0 Å². The fourth-order valence-electron chi connectivity index (χ4n) is 0.851. The molecule has 0 spiro atoms. The van der Waals surface area contributed by atoms with Crippen LogP contribution in [0.5, 0.6) is 0 Å². The third-order valence-corrected chi connectivity index (χ3v) is 1.73. The molecule has 0 aromatic heterocycles. The molecule has 1 unspecified atom stereocenters. The van der Waals surface area contributed by atoms with Crippen molar-refractivity contribution in [1.29, 1.82) is 0 Å². The molecular weight excluding hydrogens is 170 g/mol. The molecule has 14 heavy (non-hydrogen) atoms. The van der Waals surface area contributed by atoms with Crippen LogP contribution in [0, 0.1) is 5.92 Å². The van der Waals surface area contributed by atoms with Crippen molar-refractivity contribution in [2.24, 2.45) is 5.92 Å². The lowest BCUT2D eigenvalue weighted by Crippen LogP contribution is -2.16. The van der Waals surface area contributed by atoms with E-state index in [1.165, 1.54) is 0 Å². The molecular formula is C13H25N. The minimum absolute atomic E-state index is 0.491. The van der Waals surface area contributed by atoms with E-state index >= 15 is 0 Å². The Balaban J connectivity index is 0. The van der Waals surface area contributed by atoms with Crippen molar-refractivity contribution in [3.63, 3.8) is 0 Å². The van der Waals surface area contributed by atoms with Crippen LogP contribution in [0.4, 0.5) is 0 Å². The molecule has 0 aliphatic heterocycles. The van der Waals surface area contributed by atoms with E-state index in [1.54, 1.807) is 0 Å². The Labute approximate surface area is 89.6 Å². The lowest BCUT2D eigenvalue weighted by atomic mass is 10.0. The van der Waals surface area contributed by atoms with E-state index in [2.05, 4.69) is 25.4 Å². The predicted octanol–water partition coefficient (Wildman–Crippen LogP) is 3.56. The van der Waals surface area contributed by atoms with Crippen molar-refractivity contribution < 1.29 is 0 Å². The highest BCUT2D eigenvalue weighted by atomic mass is 14.8. The third kappa shape index (κ3) is 9.27. The standard InChI is InChI=1S/C11H19N.C2H6/c1-9(2)6-7-10(3)11(4)8-12-5;1-2/h6-7,11-12H,1,3,8H2,2,4-5H3;1-2H3/b7-6-;. The zero-order valence-electron chi connectivity index (χ0n) is 10.4. The van der Waals surface area contributed by atoms with E-state index in [9.17, 15) is 0 Å². The third-order valence-electron chi connectivity index (χ3n) is 1.73. The van der Waals surface area contributed by atoms with Crippen molar-refractivity contribution >= 4 is 0 Å². The Hall–Kier alpha value is -0.820. The maximum atomic E-state index is 3.98. The van der Waals surface area contributed by atoms with Crippen LogP contribution in [0.2, 0.25) is 0 Å². The zero-order chi connectivity index (χ0) is 11.6. The Bertz CT molecular complexity index is 189. The van der Waals surface area contributed by atoms with Gasteiger partial charge in [0.2, 0.25) is 0 Å². The van der Waals surface area contributed by atoms with Gasteiger partial charge in [0, 0.05) is 6.54 Å². The summed E-state index contributed by atoms with van der Waals surface area (Å²) >= 11 is 0. The van der Waals surface area contributed by atoms with Crippen LogP contribution in [0.3, 0.4) is 0 Å². The fourth-order valence-corrected chi connectivity index (χ4v) is 0.851. The van der Waals surface area contributed by atoms with E-state index in [0.29, 0.717) is 5.92 Å². The van der Waals surface area contributed by atoms with Gasteiger partial charge in [0.15, 0.2) is 0 Å². The van der Waals surface area contributed by atoms with E-state index in [-0.39, 0.29) is 0 Å². The second-order valence-electron chi connectivity index (χ2n) is 3.21. The zero-order valence-corrected chi connectivity index (χ0v) is 10.4. The molecule has 0 aliphatic rings. The van der Waals surface area contributed by atoms with Crippen LogP contribution in [0.25, 0.3) is 0 Å². The monoisotopic (exact) mass is 195 g/mol. The van der Waals surface area contributed by atoms with Crippen molar-refractivity contribution in [3.8, 4) is 0 Å². The van der Waals surface area contributed by atoms with Crippen LogP contribution < -0.4 is 5.32 Å². The van der Waals surface area contributed by atoms with Gasteiger partial charge >= 0.3 is 0 Å². The first kappa shape index (κ1) is 15.6. The van der Waals surface area contributed by atoms with Crippen molar-refractivity contribution in [1.82, 2.24) is 5.32 Å². The Morgan fingerprint density at radius 3 is 2.14 bits per heavy atom. The maximum Gasteiger partial charge on any atom is 0.00142 e. The van der Waals surface area contributed by atoms with Crippen molar-refractivity contribution in [2.75, 3.05) is 13.6 Å². The van der Waals surface area contributed by atoms with Gasteiger partial charge < -0.3 is 5.32 Å². The van der Waals surface area contributed by atoms with E-state index < -0.39 is 0 Å². The number of hydrogen-bond acceptors (Lipinski definition) is 1. The Morgan fingerprint density at radius 2 is 1.79 bits per heavy atom. The average molecular weight is 195 g/mol. The second kappa shape index (κ2) is 10.3. The summed E-state index contributed by atoms with van der Waals surface area (Å²) in [5, 5.41) is 3.12. The molecule has 0 bridgehead atoms. The highest BCUT2D eigenvalue weighted by Gasteiger charge is 2.00. The molecule has 1 heteroatoms. The minimum atomic E-state index is 0.491. The molecule has 0 saturated carbocycles. The first-order chi connectivity index (χ1) is 6.57. The molecule has 0 fully saturated rings. The summed E-state index contributed by atoms with van der Waals surface area (Å²) in [7, 11) is 1.95. The molecule has 0 heterocycles. The molecule has 0 aliphatic carbocycles. The maximum absolute atomic E-state index is 3.98. The lowest BCUT2D eigenvalue weighted by molar-refractivity contribution is 0.631. The van der Waals surface area contributed by atoms with Gasteiger partial charge in [-0.1, -0.05) is 57.2 Å². The van der Waals surface area contributed by atoms with Gasteiger partial charge in [-0.3, -0.25) is 0 Å². The number of hydrogen-bond donors (Lipinski definition) is 1. The van der Waals surface area contributed by atoms with Crippen molar-refractivity contribution in [2.45, 2.75) is 27.7 Å². The molecule has 1 nitrogen and oxygen atoms in total. The highest BCUT2D eigenvalue weighted by molar-refractivity contribution is 5.24. The Kier molecular flexibility index (Phi) is 11.5. The van der Waals surface area contributed by atoms with Crippen LogP contribution >= 0.6 is 0 Å². The summed E-state index contributed by atoms with van der Waals surface area (Å²) in [6, 6.07) is 0.